The van der Waals surface area contributed by atoms with E-state index >= 15 is 0 Å². The molecule has 0 radical (unpaired) electrons. The SMILES string of the molecule is CC#N.CCN.COc1c(N2CCC(C)C2)c(F)cc2c(=O)c(C(=O)O)cn(C3CC3)c12. The number of hydrogen-bond donors (Lipinski definition) is 2. The Balaban J connectivity index is 0.000000547. The lowest BCUT2D eigenvalue weighted by atomic mass is 10.1. The summed E-state index contributed by atoms with van der Waals surface area (Å²) in [5, 5.41) is 16.7. The van der Waals surface area contributed by atoms with Gasteiger partial charge in [0.25, 0.3) is 0 Å². The average Bonchev–Trinajstić information content (AvgIpc) is 3.49. The Morgan fingerprint density at radius 3 is 2.44 bits per heavy atom. The third-order valence-electron chi connectivity index (χ3n) is 5.31. The molecule has 8 nitrogen and oxygen atoms in total. The van der Waals surface area contributed by atoms with Crippen LogP contribution in [0.4, 0.5) is 10.1 Å². The molecule has 2 fully saturated rings. The molecule has 0 spiro atoms. The van der Waals surface area contributed by atoms with E-state index in [2.05, 4.69) is 6.92 Å². The van der Waals surface area contributed by atoms with Crippen molar-refractivity contribution in [1.82, 2.24) is 4.57 Å². The van der Waals surface area contributed by atoms with Gasteiger partial charge in [0.1, 0.15) is 11.3 Å². The molecule has 2 heterocycles. The summed E-state index contributed by atoms with van der Waals surface area (Å²) in [6.07, 6.45) is 4.14. The van der Waals surface area contributed by atoms with Crippen LogP contribution in [0.25, 0.3) is 10.9 Å². The van der Waals surface area contributed by atoms with Crippen LogP contribution < -0.4 is 20.8 Å². The zero-order chi connectivity index (χ0) is 24.0. The molecule has 1 saturated carbocycles. The van der Waals surface area contributed by atoms with Gasteiger partial charge in [0, 0.05) is 32.3 Å². The molecule has 1 unspecified atom stereocenters. The van der Waals surface area contributed by atoms with Crippen molar-refractivity contribution in [3.05, 3.63) is 33.9 Å². The van der Waals surface area contributed by atoms with Crippen LogP contribution in [0.5, 0.6) is 5.75 Å². The Bertz CT molecular complexity index is 1070. The minimum atomic E-state index is -1.30. The second-order valence-corrected chi connectivity index (χ2v) is 7.92. The molecule has 1 aromatic heterocycles. The fraction of sp³-hybridized carbons (Fsp3) is 0.522. The van der Waals surface area contributed by atoms with Gasteiger partial charge < -0.3 is 25.0 Å². The van der Waals surface area contributed by atoms with Crippen LogP contribution in [0.2, 0.25) is 0 Å². The number of aromatic nitrogens is 1. The predicted octanol–water partition coefficient (Wildman–Crippen LogP) is 3.52. The highest BCUT2D eigenvalue weighted by Crippen LogP contribution is 2.44. The molecule has 4 rings (SSSR count). The molecular formula is C23H31FN4O4. The first-order valence-corrected chi connectivity index (χ1v) is 10.7. The third kappa shape index (κ3) is 5.19. The van der Waals surface area contributed by atoms with Crippen molar-refractivity contribution in [3.63, 3.8) is 0 Å². The number of carbonyl (C=O) groups is 1. The van der Waals surface area contributed by atoms with Crippen molar-refractivity contribution in [3.8, 4) is 11.8 Å². The van der Waals surface area contributed by atoms with Gasteiger partial charge in [-0.2, -0.15) is 5.26 Å². The van der Waals surface area contributed by atoms with E-state index in [4.69, 9.17) is 15.7 Å². The van der Waals surface area contributed by atoms with Crippen molar-refractivity contribution in [2.24, 2.45) is 11.7 Å². The van der Waals surface area contributed by atoms with Gasteiger partial charge in [0.15, 0.2) is 11.6 Å². The van der Waals surface area contributed by atoms with Crippen molar-refractivity contribution in [2.75, 3.05) is 31.6 Å². The Labute approximate surface area is 187 Å². The quantitative estimate of drug-likeness (QED) is 0.737. The van der Waals surface area contributed by atoms with Crippen LogP contribution in [0.3, 0.4) is 0 Å². The van der Waals surface area contributed by atoms with E-state index in [1.165, 1.54) is 26.3 Å². The highest BCUT2D eigenvalue weighted by atomic mass is 19.1. The second kappa shape index (κ2) is 11.0. The summed E-state index contributed by atoms with van der Waals surface area (Å²) in [5.74, 6) is -1.08. The molecule has 0 bridgehead atoms. The molecule has 1 saturated heterocycles. The van der Waals surface area contributed by atoms with Crippen molar-refractivity contribution in [2.45, 2.75) is 46.1 Å². The Hall–Kier alpha value is -3.12. The zero-order valence-corrected chi connectivity index (χ0v) is 19.0. The summed E-state index contributed by atoms with van der Waals surface area (Å²) in [4.78, 5) is 26.1. The highest BCUT2D eigenvalue weighted by Gasteiger charge is 2.32. The molecule has 3 N–H and O–H groups in total. The summed E-state index contributed by atoms with van der Waals surface area (Å²) in [5.41, 5.74) is 4.68. The number of pyridine rings is 1. The Kier molecular flexibility index (Phi) is 8.61. The monoisotopic (exact) mass is 446 g/mol. The first-order chi connectivity index (χ1) is 15.2. The lowest BCUT2D eigenvalue weighted by molar-refractivity contribution is 0.0694. The molecular weight excluding hydrogens is 415 g/mol. The summed E-state index contributed by atoms with van der Waals surface area (Å²) >= 11 is 0. The average molecular weight is 447 g/mol. The van der Waals surface area contributed by atoms with Gasteiger partial charge in [-0.3, -0.25) is 4.79 Å². The second-order valence-electron chi connectivity index (χ2n) is 7.92. The molecule has 174 valence electrons. The number of ether oxygens (including phenoxy) is 1. The fourth-order valence-corrected chi connectivity index (χ4v) is 3.86. The van der Waals surface area contributed by atoms with Crippen LogP contribution >= 0.6 is 0 Å². The largest absolute Gasteiger partial charge is 0.492 e. The van der Waals surface area contributed by atoms with Gasteiger partial charge in [0.05, 0.1) is 24.1 Å². The van der Waals surface area contributed by atoms with E-state index in [0.717, 1.165) is 38.9 Å². The number of rotatable bonds is 4. The molecule has 1 atom stereocenters. The smallest absolute Gasteiger partial charge is 0.341 e. The topological polar surface area (TPSA) is 122 Å². The van der Waals surface area contributed by atoms with E-state index < -0.39 is 17.2 Å². The maximum atomic E-state index is 15.0. The molecule has 1 aliphatic heterocycles. The molecule has 32 heavy (non-hydrogen) atoms. The summed E-state index contributed by atoms with van der Waals surface area (Å²) < 4.78 is 22.3. The van der Waals surface area contributed by atoms with E-state index in [0.29, 0.717) is 22.9 Å². The standard InChI is InChI=1S/C19H21FN2O4.C2H7N.C2H3N/c1-10-5-6-21(8-10)16-14(20)7-12-15(18(16)26-2)22(11-3-4-11)9-13(17(12)23)19(24)25;2*1-2-3/h7,9-11H,3-6,8H2,1-2H3,(H,24,25);2-3H2,1H3;1H3. The van der Waals surface area contributed by atoms with Crippen molar-refractivity contribution < 1.29 is 19.0 Å². The zero-order valence-electron chi connectivity index (χ0n) is 19.0. The van der Waals surface area contributed by atoms with E-state index in [1.54, 1.807) is 10.6 Å². The molecule has 9 heteroatoms. The number of anilines is 1. The first-order valence-electron chi connectivity index (χ1n) is 10.7. The molecule has 1 aromatic carbocycles. The van der Waals surface area contributed by atoms with Gasteiger partial charge >= 0.3 is 5.97 Å². The number of carboxylic acids is 1. The maximum Gasteiger partial charge on any atom is 0.341 e. The maximum absolute atomic E-state index is 15.0. The van der Waals surface area contributed by atoms with Gasteiger partial charge in [0.2, 0.25) is 5.43 Å². The number of nitrogens with zero attached hydrogens (tertiary/aromatic N) is 3. The van der Waals surface area contributed by atoms with Gasteiger partial charge in [-0.1, -0.05) is 13.8 Å². The van der Waals surface area contributed by atoms with Crippen molar-refractivity contribution in [1.29, 1.82) is 5.26 Å². The lowest BCUT2D eigenvalue weighted by Gasteiger charge is -2.24. The van der Waals surface area contributed by atoms with E-state index in [-0.39, 0.29) is 17.0 Å². The molecule has 2 aliphatic rings. The summed E-state index contributed by atoms with van der Waals surface area (Å²) in [7, 11) is 1.46. The minimum absolute atomic E-state index is 0.0575. The number of carboxylic acid groups (broad SMARTS) is 1. The molecule has 0 amide bonds. The number of benzene rings is 1. The third-order valence-corrected chi connectivity index (χ3v) is 5.31. The van der Waals surface area contributed by atoms with E-state index in [9.17, 15) is 19.1 Å². The normalized spacial score (nSPS) is 17.0. The molecule has 1 aliphatic carbocycles. The number of hydrogen-bond acceptors (Lipinski definition) is 6. The number of aromatic carboxylic acids is 1. The number of nitriles is 1. The van der Waals surface area contributed by atoms with Gasteiger partial charge in [-0.25, -0.2) is 9.18 Å². The highest BCUT2D eigenvalue weighted by molar-refractivity contribution is 5.97. The lowest BCUT2D eigenvalue weighted by Crippen LogP contribution is -2.24. The predicted molar refractivity (Wildman–Crippen MR) is 122 cm³/mol. The van der Waals surface area contributed by atoms with Crippen molar-refractivity contribution >= 4 is 22.6 Å². The van der Waals surface area contributed by atoms with Crippen LogP contribution in [-0.2, 0) is 0 Å². The summed E-state index contributed by atoms with van der Waals surface area (Å²) in [6.45, 7) is 7.64. The first kappa shape index (κ1) is 25.1. The number of methoxy groups -OCH3 is 1. The number of fused-ring (bicyclic) bond motifs is 1. The van der Waals surface area contributed by atoms with Crippen LogP contribution in [0.15, 0.2) is 17.1 Å². The Morgan fingerprint density at radius 2 is 2.00 bits per heavy atom. The van der Waals surface area contributed by atoms with Gasteiger partial charge in [-0.05, 0) is 37.8 Å². The number of nitrogens with two attached hydrogens (primary N) is 1. The van der Waals surface area contributed by atoms with Gasteiger partial charge in [-0.15, -0.1) is 0 Å². The van der Waals surface area contributed by atoms with E-state index in [1.807, 2.05) is 11.8 Å². The Morgan fingerprint density at radius 1 is 1.41 bits per heavy atom. The number of halogens is 1. The van der Waals surface area contributed by atoms with Crippen LogP contribution in [0, 0.1) is 23.1 Å². The van der Waals surface area contributed by atoms with Crippen LogP contribution in [0.1, 0.15) is 56.4 Å². The minimum Gasteiger partial charge on any atom is -0.492 e. The summed E-state index contributed by atoms with van der Waals surface area (Å²) in [6, 6.07) is 3.03. The fourth-order valence-electron chi connectivity index (χ4n) is 3.86. The van der Waals surface area contributed by atoms with Crippen LogP contribution in [-0.4, -0.2) is 42.4 Å². The molecule has 2 aromatic rings.